The van der Waals surface area contributed by atoms with Crippen LogP contribution in [-0.2, 0) is 0 Å². The van der Waals surface area contributed by atoms with Crippen molar-refractivity contribution in [3.63, 3.8) is 0 Å². The zero-order valence-corrected chi connectivity index (χ0v) is 16.9. The maximum absolute atomic E-state index is 13.2. The highest BCUT2D eigenvalue weighted by molar-refractivity contribution is 5.97. The largest absolute Gasteiger partial charge is 0.486 e. The van der Waals surface area contributed by atoms with Crippen LogP contribution in [0.4, 0.5) is 0 Å². The summed E-state index contributed by atoms with van der Waals surface area (Å²) in [5, 5.41) is 15.0. The number of rotatable bonds is 4. The predicted molar refractivity (Wildman–Crippen MR) is 112 cm³/mol. The van der Waals surface area contributed by atoms with Crippen LogP contribution in [0.3, 0.4) is 0 Å². The molecular formula is C23H23N3O5. The van der Waals surface area contributed by atoms with Gasteiger partial charge in [-0.15, -0.1) is 0 Å². The number of nitrogens with zero attached hydrogens (tertiary/aromatic N) is 3. The van der Waals surface area contributed by atoms with Crippen LogP contribution in [0.25, 0.3) is 5.69 Å². The Bertz CT molecular complexity index is 1070. The van der Waals surface area contributed by atoms with Gasteiger partial charge in [0.25, 0.3) is 5.91 Å². The number of piperidine rings is 1. The Balaban J connectivity index is 1.30. The van der Waals surface area contributed by atoms with Gasteiger partial charge in [0.1, 0.15) is 25.4 Å². The van der Waals surface area contributed by atoms with Crippen molar-refractivity contribution < 1.29 is 24.1 Å². The standard InChI is InChI=1S/C23H23N3O5/c27-18-15-25(23(28)16-5-1-2-6-17(16)26-11-4-10-24-26)12-9-19(18)31-21-8-3-7-20-22(21)30-14-13-29-20/h1-8,10-11,18-19,27H,9,12-15H2/t18-,19-/m1/s1. The number of hydrogen-bond acceptors (Lipinski definition) is 6. The fourth-order valence-corrected chi connectivity index (χ4v) is 3.97. The van der Waals surface area contributed by atoms with Gasteiger partial charge in [-0.2, -0.15) is 5.10 Å². The predicted octanol–water partition coefficient (Wildman–Crippen LogP) is 2.30. The smallest absolute Gasteiger partial charge is 0.256 e. The molecule has 2 atom stereocenters. The van der Waals surface area contributed by atoms with Gasteiger partial charge in [-0.25, -0.2) is 4.68 Å². The zero-order chi connectivity index (χ0) is 21.2. The van der Waals surface area contributed by atoms with Gasteiger partial charge in [0.2, 0.25) is 5.75 Å². The number of amides is 1. The Kier molecular flexibility index (Phi) is 5.21. The second-order valence-corrected chi connectivity index (χ2v) is 7.51. The number of ether oxygens (including phenoxy) is 3. The topological polar surface area (TPSA) is 86.1 Å². The van der Waals surface area contributed by atoms with Crippen LogP contribution in [-0.4, -0.2) is 64.2 Å². The van der Waals surface area contributed by atoms with Crippen molar-refractivity contribution >= 4 is 5.91 Å². The summed E-state index contributed by atoms with van der Waals surface area (Å²) in [4.78, 5) is 14.9. The van der Waals surface area contributed by atoms with Gasteiger partial charge in [-0.05, 0) is 30.3 Å². The van der Waals surface area contributed by atoms with E-state index >= 15 is 0 Å². The molecule has 3 heterocycles. The molecule has 0 bridgehead atoms. The van der Waals surface area contributed by atoms with E-state index in [1.165, 1.54) is 0 Å². The molecule has 0 unspecified atom stereocenters. The summed E-state index contributed by atoms with van der Waals surface area (Å²) < 4.78 is 19.0. The van der Waals surface area contributed by atoms with Crippen molar-refractivity contribution in [3.8, 4) is 22.9 Å². The average Bonchev–Trinajstić information content (AvgIpc) is 3.35. The SMILES string of the molecule is O=C(c1ccccc1-n1cccn1)N1CC[C@@H](Oc2cccc3c2OCCO3)[C@H](O)C1. The average molecular weight is 421 g/mol. The van der Waals surface area contributed by atoms with Gasteiger partial charge in [0.15, 0.2) is 11.5 Å². The Hall–Kier alpha value is -3.52. The Morgan fingerprint density at radius 2 is 1.97 bits per heavy atom. The van der Waals surface area contributed by atoms with E-state index in [4.69, 9.17) is 14.2 Å². The van der Waals surface area contributed by atoms with Gasteiger partial charge < -0.3 is 24.2 Å². The van der Waals surface area contributed by atoms with E-state index in [0.29, 0.717) is 54.7 Å². The Morgan fingerprint density at radius 3 is 2.81 bits per heavy atom. The lowest BCUT2D eigenvalue weighted by molar-refractivity contribution is -0.0214. The van der Waals surface area contributed by atoms with E-state index in [0.717, 1.165) is 0 Å². The number of aromatic nitrogens is 2. The highest BCUT2D eigenvalue weighted by atomic mass is 16.6. The van der Waals surface area contributed by atoms with Crippen molar-refractivity contribution in [1.29, 1.82) is 0 Å². The maximum atomic E-state index is 13.2. The lowest BCUT2D eigenvalue weighted by atomic mass is 10.0. The molecule has 8 heteroatoms. The summed E-state index contributed by atoms with van der Waals surface area (Å²) in [5.74, 6) is 1.61. The lowest BCUT2D eigenvalue weighted by Crippen LogP contribution is -2.51. The third kappa shape index (κ3) is 3.82. The maximum Gasteiger partial charge on any atom is 0.256 e. The molecule has 0 aliphatic carbocycles. The minimum Gasteiger partial charge on any atom is -0.486 e. The fraction of sp³-hybridized carbons (Fsp3) is 0.304. The van der Waals surface area contributed by atoms with E-state index in [-0.39, 0.29) is 12.5 Å². The molecule has 1 fully saturated rings. The molecule has 1 aromatic heterocycles. The van der Waals surface area contributed by atoms with Crippen molar-refractivity contribution in [2.75, 3.05) is 26.3 Å². The molecule has 0 saturated carbocycles. The lowest BCUT2D eigenvalue weighted by Gasteiger charge is -2.36. The first kappa shape index (κ1) is 19.4. The third-order valence-electron chi connectivity index (χ3n) is 5.50. The van der Waals surface area contributed by atoms with Crippen LogP contribution in [0.2, 0.25) is 0 Å². The van der Waals surface area contributed by atoms with Gasteiger partial charge in [0.05, 0.1) is 17.8 Å². The number of likely N-dealkylation sites (tertiary alicyclic amines) is 1. The van der Waals surface area contributed by atoms with Crippen molar-refractivity contribution in [3.05, 3.63) is 66.5 Å². The molecule has 0 spiro atoms. The van der Waals surface area contributed by atoms with Crippen LogP contribution in [0, 0.1) is 0 Å². The van der Waals surface area contributed by atoms with Crippen LogP contribution in [0.1, 0.15) is 16.8 Å². The van der Waals surface area contributed by atoms with Gasteiger partial charge in [-0.3, -0.25) is 4.79 Å². The van der Waals surface area contributed by atoms with E-state index < -0.39 is 12.2 Å². The van der Waals surface area contributed by atoms with E-state index in [2.05, 4.69) is 5.10 Å². The molecule has 31 heavy (non-hydrogen) atoms. The van der Waals surface area contributed by atoms with E-state index in [9.17, 15) is 9.90 Å². The number of carbonyl (C=O) groups excluding carboxylic acids is 1. The summed E-state index contributed by atoms with van der Waals surface area (Å²) in [6.07, 6.45) is 2.71. The number of aliphatic hydroxyl groups excluding tert-OH is 1. The number of β-amino-alcohol motifs (C(OH)–C–C–N with tert-alkyl or cyclic N) is 1. The van der Waals surface area contributed by atoms with Gasteiger partial charge in [0, 0.05) is 25.4 Å². The molecular weight excluding hydrogens is 398 g/mol. The van der Waals surface area contributed by atoms with E-state index in [1.807, 2.05) is 36.4 Å². The summed E-state index contributed by atoms with van der Waals surface area (Å²) in [7, 11) is 0. The molecule has 2 aromatic carbocycles. The first-order valence-electron chi connectivity index (χ1n) is 10.3. The molecule has 0 radical (unpaired) electrons. The number of benzene rings is 2. The highest BCUT2D eigenvalue weighted by Gasteiger charge is 2.33. The minimum atomic E-state index is -0.824. The van der Waals surface area contributed by atoms with Crippen molar-refractivity contribution in [2.24, 2.45) is 0 Å². The molecule has 1 saturated heterocycles. The van der Waals surface area contributed by atoms with E-state index in [1.54, 1.807) is 34.1 Å². The minimum absolute atomic E-state index is 0.141. The molecule has 1 N–H and O–H groups in total. The van der Waals surface area contributed by atoms with Crippen LogP contribution < -0.4 is 14.2 Å². The molecule has 5 rings (SSSR count). The highest BCUT2D eigenvalue weighted by Crippen LogP contribution is 2.40. The fourth-order valence-electron chi connectivity index (χ4n) is 3.97. The molecule has 8 nitrogen and oxygen atoms in total. The number of para-hydroxylation sites is 2. The quantitative estimate of drug-likeness (QED) is 0.696. The van der Waals surface area contributed by atoms with Crippen LogP contribution in [0.5, 0.6) is 17.2 Å². The molecule has 160 valence electrons. The van der Waals surface area contributed by atoms with Gasteiger partial charge in [-0.1, -0.05) is 18.2 Å². The number of fused-ring (bicyclic) bond motifs is 1. The first-order chi connectivity index (χ1) is 15.2. The number of aliphatic hydroxyl groups is 1. The van der Waals surface area contributed by atoms with Crippen molar-refractivity contribution in [1.82, 2.24) is 14.7 Å². The van der Waals surface area contributed by atoms with Gasteiger partial charge >= 0.3 is 0 Å². The molecule has 3 aromatic rings. The Morgan fingerprint density at radius 1 is 1.10 bits per heavy atom. The third-order valence-corrected chi connectivity index (χ3v) is 5.50. The van der Waals surface area contributed by atoms with Crippen LogP contribution >= 0.6 is 0 Å². The number of hydrogen-bond donors (Lipinski definition) is 1. The monoisotopic (exact) mass is 421 g/mol. The van der Waals surface area contributed by atoms with Crippen LogP contribution in [0.15, 0.2) is 60.9 Å². The number of carbonyl (C=O) groups is 1. The van der Waals surface area contributed by atoms with Crippen molar-refractivity contribution in [2.45, 2.75) is 18.6 Å². The molecule has 2 aliphatic heterocycles. The Labute approximate surface area is 179 Å². The molecule has 2 aliphatic rings. The normalized spacial score (nSPS) is 20.4. The summed E-state index contributed by atoms with van der Waals surface area (Å²) in [5.41, 5.74) is 1.25. The zero-order valence-electron chi connectivity index (χ0n) is 16.9. The summed E-state index contributed by atoms with van der Waals surface area (Å²) in [6, 6.07) is 14.6. The second kappa shape index (κ2) is 8.31. The second-order valence-electron chi connectivity index (χ2n) is 7.51. The first-order valence-corrected chi connectivity index (χ1v) is 10.3. The summed E-state index contributed by atoms with van der Waals surface area (Å²) in [6.45, 7) is 1.61. The summed E-state index contributed by atoms with van der Waals surface area (Å²) >= 11 is 0. The molecule has 1 amide bonds.